The van der Waals surface area contributed by atoms with E-state index in [9.17, 15) is 4.79 Å². The minimum Gasteiger partial charge on any atom is -0.381 e. The van der Waals surface area contributed by atoms with Gasteiger partial charge in [-0.1, -0.05) is 48.5 Å². The summed E-state index contributed by atoms with van der Waals surface area (Å²) in [5.41, 5.74) is 3.73. The second-order valence-corrected chi connectivity index (χ2v) is 7.19. The van der Waals surface area contributed by atoms with E-state index in [1.807, 2.05) is 58.1 Å². The lowest BCUT2D eigenvalue weighted by Crippen LogP contribution is -2.45. The third-order valence-corrected chi connectivity index (χ3v) is 5.27. The van der Waals surface area contributed by atoms with Crippen LogP contribution in [0.25, 0.3) is 11.3 Å². The molecule has 1 N–H and O–H groups in total. The fourth-order valence-electron chi connectivity index (χ4n) is 3.90. The second kappa shape index (κ2) is 8.30. The van der Waals surface area contributed by atoms with E-state index < -0.39 is 0 Å². The Bertz CT molecular complexity index is 920. The highest BCUT2D eigenvalue weighted by atomic mass is 16.2. The number of amides is 1. The number of likely N-dealkylation sites (tertiary alicyclic amines) is 1. The highest BCUT2D eigenvalue weighted by molar-refractivity contribution is 6.00. The molecule has 2 aromatic carbocycles. The zero-order valence-corrected chi connectivity index (χ0v) is 16.2. The molecule has 1 fully saturated rings. The SMILES string of the molecule is CCn1ncc(C(=O)N2CCCC(Nc3ccccc3)C2)c1-c1ccccc1. The van der Waals surface area contributed by atoms with Gasteiger partial charge in [0.05, 0.1) is 17.5 Å². The van der Waals surface area contributed by atoms with Gasteiger partial charge in [0.25, 0.3) is 5.91 Å². The number of benzene rings is 2. The Kier molecular flexibility index (Phi) is 5.42. The molecule has 1 unspecified atom stereocenters. The van der Waals surface area contributed by atoms with Gasteiger partial charge in [-0.05, 0) is 31.9 Å². The lowest BCUT2D eigenvalue weighted by atomic mass is 10.0. The van der Waals surface area contributed by atoms with E-state index in [0.29, 0.717) is 12.1 Å². The molecule has 2 heterocycles. The maximum atomic E-state index is 13.4. The Hall–Kier alpha value is -3.08. The van der Waals surface area contributed by atoms with E-state index in [4.69, 9.17) is 0 Å². The molecule has 1 amide bonds. The molecule has 5 nitrogen and oxygen atoms in total. The van der Waals surface area contributed by atoms with Crippen molar-refractivity contribution in [2.24, 2.45) is 0 Å². The average Bonchev–Trinajstić information content (AvgIpc) is 3.19. The van der Waals surface area contributed by atoms with Gasteiger partial charge in [-0.2, -0.15) is 5.10 Å². The Morgan fingerprint density at radius 2 is 1.82 bits per heavy atom. The largest absolute Gasteiger partial charge is 0.381 e. The van der Waals surface area contributed by atoms with Crippen LogP contribution in [0.2, 0.25) is 0 Å². The predicted molar refractivity (Wildman–Crippen MR) is 112 cm³/mol. The molecule has 28 heavy (non-hydrogen) atoms. The standard InChI is InChI=1S/C23H26N4O/c1-2-27-22(18-10-5-3-6-11-18)21(16-24-27)23(28)26-15-9-14-20(17-26)25-19-12-7-4-8-13-19/h3-8,10-13,16,20,25H,2,9,14-15,17H2,1H3. The van der Waals surface area contributed by atoms with Crippen LogP contribution in [-0.4, -0.2) is 39.7 Å². The first-order valence-electron chi connectivity index (χ1n) is 9.98. The number of piperidine rings is 1. The third-order valence-electron chi connectivity index (χ3n) is 5.27. The van der Waals surface area contributed by atoms with E-state index in [-0.39, 0.29) is 11.9 Å². The van der Waals surface area contributed by atoms with E-state index in [0.717, 1.165) is 42.9 Å². The minimum atomic E-state index is 0.0677. The van der Waals surface area contributed by atoms with Crippen molar-refractivity contribution in [2.45, 2.75) is 32.4 Å². The summed E-state index contributed by atoms with van der Waals surface area (Å²) in [5, 5.41) is 8.03. The summed E-state index contributed by atoms with van der Waals surface area (Å²) in [6.45, 7) is 4.28. The van der Waals surface area contributed by atoms with Crippen LogP contribution >= 0.6 is 0 Å². The molecule has 0 spiro atoms. The van der Waals surface area contributed by atoms with Gasteiger partial charge in [-0.15, -0.1) is 0 Å². The van der Waals surface area contributed by atoms with Crippen LogP contribution in [-0.2, 0) is 6.54 Å². The fourth-order valence-corrected chi connectivity index (χ4v) is 3.90. The van der Waals surface area contributed by atoms with E-state index in [1.165, 1.54) is 0 Å². The molecule has 1 aromatic heterocycles. The van der Waals surface area contributed by atoms with Crippen molar-refractivity contribution < 1.29 is 4.79 Å². The summed E-state index contributed by atoms with van der Waals surface area (Å²) < 4.78 is 1.91. The summed E-state index contributed by atoms with van der Waals surface area (Å²) in [4.78, 5) is 15.3. The van der Waals surface area contributed by atoms with Crippen LogP contribution in [0, 0.1) is 0 Å². The van der Waals surface area contributed by atoms with Crippen LogP contribution < -0.4 is 5.32 Å². The number of aryl methyl sites for hydroxylation is 1. The van der Waals surface area contributed by atoms with Crippen molar-refractivity contribution in [3.63, 3.8) is 0 Å². The summed E-state index contributed by atoms with van der Waals surface area (Å²) in [6, 6.07) is 20.5. The number of rotatable bonds is 5. The number of carbonyl (C=O) groups excluding carboxylic acids is 1. The third kappa shape index (κ3) is 3.79. The van der Waals surface area contributed by atoms with Crippen LogP contribution in [0.1, 0.15) is 30.1 Å². The average molecular weight is 374 g/mol. The Labute approximate surface area is 166 Å². The van der Waals surface area contributed by atoms with Crippen LogP contribution in [0.4, 0.5) is 5.69 Å². The molecule has 4 rings (SSSR count). The monoisotopic (exact) mass is 374 g/mol. The quantitative estimate of drug-likeness (QED) is 0.725. The lowest BCUT2D eigenvalue weighted by Gasteiger charge is -2.33. The van der Waals surface area contributed by atoms with Gasteiger partial charge in [0.15, 0.2) is 0 Å². The maximum Gasteiger partial charge on any atom is 0.257 e. The van der Waals surface area contributed by atoms with Crippen molar-refractivity contribution in [3.05, 3.63) is 72.4 Å². The number of hydrogen-bond donors (Lipinski definition) is 1. The minimum absolute atomic E-state index is 0.0677. The number of nitrogens with zero attached hydrogens (tertiary/aromatic N) is 3. The zero-order chi connectivity index (χ0) is 19.3. The topological polar surface area (TPSA) is 50.2 Å². The molecule has 1 atom stereocenters. The Balaban J connectivity index is 1.55. The summed E-state index contributed by atoms with van der Waals surface area (Å²) in [6.07, 6.45) is 3.79. The molecule has 1 saturated heterocycles. The van der Waals surface area contributed by atoms with Crippen LogP contribution in [0.5, 0.6) is 0 Å². The van der Waals surface area contributed by atoms with Gasteiger partial charge < -0.3 is 10.2 Å². The smallest absolute Gasteiger partial charge is 0.257 e. The molecule has 1 aliphatic rings. The number of anilines is 1. The normalized spacial score (nSPS) is 16.8. The van der Waals surface area contributed by atoms with Gasteiger partial charge in [-0.25, -0.2) is 0 Å². The molecule has 5 heteroatoms. The summed E-state index contributed by atoms with van der Waals surface area (Å²) in [7, 11) is 0. The van der Waals surface area contributed by atoms with Crippen molar-refractivity contribution in [1.82, 2.24) is 14.7 Å². The van der Waals surface area contributed by atoms with Crippen LogP contribution in [0.3, 0.4) is 0 Å². The van der Waals surface area contributed by atoms with Gasteiger partial charge in [0, 0.05) is 36.9 Å². The molecule has 1 aliphatic heterocycles. The van der Waals surface area contributed by atoms with Crippen molar-refractivity contribution in [1.29, 1.82) is 0 Å². The molecule has 0 aliphatic carbocycles. The highest BCUT2D eigenvalue weighted by Gasteiger charge is 2.28. The molecule has 0 radical (unpaired) electrons. The van der Waals surface area contributed by atoms with Gasteiger partial charge in [-0.3, -0.25) is 9.48 Å². The number of hydrogen-bond acceptors (Lipinski definition) is 3. The number of para-hydroxylation sites is 1. The molecular formula is C23H26N4O. The molecule has 0 saturated carbocycles. The zero-order valence-electron chi connectivity index (χ0n) is 16.2. The number of carbonyl (C=O) groups is 1. The molecule has 0 bridgehead atoms. The van der Waals surface area contributed by atoms with Crippen LogP contribution in [0.15, 0.2) is 66.9 Å². The van der Waals surface area contributed by atoms with E-state index in [2.05, 4.69) is 29.5 Å². The lowest BCUT2D eigenvalue weighted by molar-refractivity contribution is 0.0715. The maximum absolute atomic E-state index is 13.4. The van der Waals surface area contributed by atoms with Gasteiger partial charge >= 0.3 is 0 Å². The van der Waals surface area contributed by atoms with Gasteiger partial charge in [0.2, 0.25) is 0 Å². The van der Waals surface area contributed by atoms with Crippen molar-refractivity contribution in [2.75, 3.05) is 18.4 Å². The molecule has 144 valence electrons. The first-order valence-corrected chi connectivity index (χ1v) is 9.98. The summed E-state index contributed by atoms with van der Waals surface area (Å²) >= 11 is 0. The first kappa shape index (κ1) is 18.3. The number of aromatic nitrogens is 2. The Morgan fingerprint density at radius 3 is 2.54 bits per heavy atom. The van der Waals surface area contributed by atoms with E-state index >= 15 is 0 Å². The first-order chi connectivity index (χ1) is 13.8. The van der Waals surface area contributed by atoms with E-state index in [1.54, 1.807) is 6.20 Å². The number of nitrogens with one attached hydrogen (secondary N) is 1. The molecular weight excluding hydrogens is 348 g/mol. The predicted octanol–water partition coefficient (Wildman–Crippen LogP) is 4.29. The fraction of sp³-hybridized carbons (Fsp3) is 0.304. The Morgan fingerprint density at radius 1 is 1.11 bits per heavy atom. The van der Waals surface area contributed by atoms with Crippen molar-refractivity contribution >= 4 is 11.6 Å². The summed E-state index contributed by atoms with van der Waals surface area (Å²) in [5.74, 6) is 0.0677. The highest BCUT2D eigenvalue weighted by Crippen LogP contribution is 2.26. The van der Waals surface area contributed by atoms with Crippen molar-refractivity contribution in [3.8, 4) is 11.3 Å². The molecule has 3 aromatic rings. The second-order valence-electron chi connectivity index (χ2n) is 7.19. The van der Waals surface area contributed by atoms with Gasteiger partial charge in [0.1, 0.15) is 0 Å².